The summed E-state index contributed by atoms with van der Waals surface area (Å²) in [6, 6.07) is 6.76. The Morgan fingerprint density at radius 2 is 2.33 bits per heavy atom. The van der Waals surface area contributed by atoms with Gasteiger partial charge in [0.15, 0.2) is 0 Å². The molecule has 0 bridgehead atoms. The molecule has 0 heterocycles. The fourth-order valence-corrected chi connectivity index (χ4v) is 1.43. The highest BCUT2D eigenvalue weighted by molar-refractivity contribution is 14.1. The third-order valence-electron chi connectivity index (χ3n) is 1.51. The predicted octanol–water partition coefficient (Wildman–Crippen LogP) is 2.53. The van der Waals surface area contributed by atoms with Crippen LogP contribution in [0.3, 0.4) is 0 Å². The molecule has 0 amide bonds. The molecule has 0 saturated heterocycles. The van der Waals surface area contributed by atoms with E-state index in [0.717, 1.165) is 3.57 Å². The van der Waals surface area contributed by atoms with Crippen LogP contribution in [-0.4, -0.2) is 18.9 Å². The number of halogens is 2. The van der Waals surface area contributed by atoms with Gasteiger partial charge in [0, 0.05) is 3.57 Å². The smallest absolute Gasteiger partial charge is 0.381 e. The van der Waals surface area contributed by atoms with Crippen LogP contribution in [-0.2, 0) is 9.53 Å². The Balaban J connectivity index is 2.58. The van der Waals surface area contributed by atoms with Crippen LogP contribution in [0.25, 0.3) is 0 Å². The summed E-state index contributed by atoms with van der Waals surface area (Å²) >= 11 is 2.07. The van der Waals surface area contributed by atoms with Crippen LogP contribution in [0.1, 0.15) is 6.92 Å². The Hall–Kier alpha value is -0.850. The van der Waals surface area contributed by atoms with Crippen molar-refractivity contribution in [3.05, 3.63) is 27.8 Å². The average molecular weight is 324 g/mol. The molecule has 0 aliphatic heterocycles. The van der Waals surface area contributed by atoms with Crippen LogP contribution in [0, 0.1) is 3.57 Å². The van der Waals surface area contributed by atoms with Gasteiger partial charge in [-0.25, -0.2) is 4.79 Å². The molecule has 0 aliphatic rings. The zero-order chi connectivity index (χ0) is 11.3. The summed E-state index contributed by atoms with van der Waals surface area (Å²) in [5.41, 5.74) is 0. The molecule has 0 aliphatic carbocycles. The van der Waals surface area contributed by atoms with E-state index >= 15 is 0 Å². The first-order valence-corrected chi connectivity index (χ1v) is 5.44. The lowest BCUT2D eigenvalue weighted by molar-refractivity contribution is -0.159. The van der Waals surface area contributed by atoms with Crippen LogP contribution >= 0.6 is 22.6 Å². The van der Waals surface area contributed by atoms with Gasteiger partial charge in [-0.3, -0.25) is 0 Å². The summed E-state index contributed by atoms with van der Waals surface area (Å²) in [6.07, 6.45) is -2.07. The lowest BCUT2D eigenvalue weighted by atomic mass is 10.3. The highest BCUT2D eigenvalue weighted by Crippen LogP contribution is 2.16. The van der Waals surface area contributed by atoms with Gasteiger partial charge in [0.2, 0.25) is 0 Å². The van der Waals surface area contributed by atoms with Crippen LogP contribution in [0.4, 0.5) is 4.39 Å². The van der Waals surface area contributed by atoms with Gasteiger partial charge < -0.3 is 9.47 Å². The van der Waals surface area contributed by atoms with Gasteiger partial charge in [-0.15, -0.1) is 0 Å². The second kappa shape index (κ2) is 5.89. The standard InChI is InChI=1S/C10H10FIO3/c1-2-14-10(13)9(11)15-8-5-3-4-7(12)6-8/h3-6,9H,2H2,1H3. The molecule has 0 saturated carbocycles. The Kier molecular flexibility index (Phi) is 4.80. The minimum atomic E-state index is -2.07. The van der Waals surface area contributed by atoms with E-state index in [1.54, 1.807) is 25.1 Å². The number of hydrogen-bond acceptors (Lipinski definition) is 3. The van der Waals surface area contributed by atoms with E-state index in [2.05, 4.69) is 27.3 Å². The lowest BCUT2D eigenvalue weighted by Gasteiger charge is -2.10. The Morgan fingerprint density at radius 1 is 1.60 bits per heavy atom. The van der Waals surface area contributed by atoms with Crippen molar-refractivity contribution in [3.8, 4) is 5.75 Å². The van der Waals surface area contributed by atoms with Crippen molar-refractivity contribution in [1.82, 2.24) is 0 Å². The summed E-state index contributed by atoms with van der Waals surface area (Å²) < 4.78 is 23.2. The van der Waals surface area contributed by atoms with Crippen molar-refractivity contribution < 1.29 is 18.7 Å². The first-order valence-electron chi connectivity index (χ1n) is 4.36. The second-order valence-corrected chi connectivity index (χ2v) is 3.89. The largest absolute Gasteiger partial charge is 0.461 e. The highest BCUT2D eigenvalue weighted by atomic mass is 127. The van der Waals surface area contributed by atoms with Gasteiger partial charge in [-0.05, 0) is 47.7 Å². The molecule has 3 nitrogen and oxygen atoms in total. The molecule has 1 aromatic rings. The maximum atomic E-state index is 13.1. The van der Waals surface area contributed by atoms with E-state index < -0.39 is 12.3 Å². The van der Waals surface area contributed by atoms with E-state index in [9.17, 15) is 9.18 Å². The molecule has 0 fully saturated rings. The maximum Gasteiger partial charge on any atom is 0.381 e. The molecule has 0 N–H and O–H groups in total. The average Bonchev–Trinajstić information content (AvgIpc) is 2.18. The van der Waals surface area contributed by atoms with E-state index in [-0.39, 0.29) is 6.61 Å². The molecule has 0 radical (unpaired) electrons. The predicted molar refractivity (Wildman–Crippen MR) is 61.3 cm³/mol. The molecular formula is C10H10FIO3. The zero-order valence-corrected chi connectivity index (χ0v) is 10.2. The van der Waals surface area contributed by atoms with Crippen molar-refractivity contribution in [3.63, 3.8) is 0 Å². The number of hydrogen-bond donors (Lipinski definition) is 0. The van der Waals surface area contributed by atoms with Gasteiger partial charge in [0.05, 0.1) is 6.61 Å². The van der Waals surface area contributed by atoms with E-state index in [1.807, 2.05) is 6.07 Å². The van der Waals surface area contributed by atoms with Gasteiger partial charge in [-0.1, -0.05) is 6.07 Å². The minimum absolute atomic E-state index is 0.134. The van der Waals surface area contributed by atoms with Gasteiger partial charge in [0.1, 0.15) is 5.75 Å². The molecule has 5 heteroatoms. The number of ether oxygens (including phenoxy) is 2. The van der Waals surface area contributed by atoms with Crippen molar-refractivity contribution >= 4 is 28.6 Å². The first-order chi connectivity index (χ1) is 7.13. The summed E-state index contributed by atoms with van der Waals surface area (Å²) in [6.45, 7) is 1.74. The quantitative estimate of drug-likeness (QED) is 0.631. The molecular weight excluding hydrogens is 314 g/mol. The number of alkyl halides is 1. The topological polar surface area (TPSA) is 35.5 Å². The van der Waals surface area contributed by atoms with Crippen molar-refractivity contribution in [2.45, 2.75) is 13.3 Å². The molecule has 0 spiro atoms. The monoisotopic (exact) mass is 324 g/mol. The molecule has 1 unspecified atom stereocenters. The summed E-state index contributed by atoms with van der Waals surface area (Å²) in [5.74, 6) is -0.696. The van der Waals surface area contributed by atoms with E-state index in [1.165, 1.54) is 0 Å². The van der Waals surface area contributed by atoms with Crippen molar-refractivity contribution in [2.24, 2.45) is 0 Å². The second-order valence-electron chi connectivity index (χ2n) is 2.64. The number of rotatable bonds is 4. The van der Waals surface area contributed by atoms with Gasteiger partial charge in [0.25, 0.3) is 0 Å². The highest BCUT2D eigenvalue weighted by Gasteiger charge is 2.20. The van der Waals surface area contributed by atoms with Crippen LogP contribution in [0.2, 0.25) is 0 Å². The van der Waals surface area contributed by atoms with Crippen molar-refractivity contribution in [1.29, 1.82) is 0 Å². The van der Waals surface area contributed by atoms with Crippen LogP contribution < -0.4 is 4.74 Å². The van der Waals surface area contributed by atoms with Crippen LogP contribution in [0.15, 0.2) is 24.3 Å². The minimum Gasteiger partial charge on any atom is -0.461 e. The fraction of sp³-hybridized carbons (Fsp3) is 0.300. The maximum absolute atomic E-state index is 13.1. The first kappa shape index (κ1) is 12.2. The zero-order valence-electron chi connectivity index (χ0n) is 8.07. The number of esters is 1. The Morgan fingerprint density at radius 3 is 2.93 bits per heavy atom. The summed E-state index contributed by atoms with van der Waals surface area (Å²) in [7, 11) is 0. The lowest BCUT2D eigenvalue weighted by Crippen LogP contribution is -2.24. The van der Waals surface area contributed by atoms with Crippen molar-refractivity contribution in [2.75, 3.05) is 6.61 Å². The molecule has 15 heavy (non-hydrogen) atoms. The normalized spacial score (nSPS) is 11.9. The number of benzene rings is 1. The summed E-state index contributed by atoms with van der Waals surface area (Å²) in [5, 5.41) is 0. The van der Waals surface area contributed by atoms with E-state index in [0.29, 0.717) is 5.75 Å². The molecule has 82 valence electrons. The Bertz CT molecular complexity index is 343. The molecule has 1 rings (SSSR count). The van der Waals surface area contributed by atoms with E-state index in [4.69, 9.17) is 4.74 Å². The number of carbonyl (C=O) groups excluding carboxylic acids is 1. The molecule has 1 aromatic carbocycles. The number of carbonyl (C=O) groups is 1. The fourth-order valence-electron chi connectivity index (χ4n) is 0.916. The third kappa shape index (κ3) is 4.03. The van der Waals surface area contributed by atoms with Crippen LogP contribution in [0.5, 0.6) is 5.75 Å². The molecule has 0 aromatic heterocycles. The SMILES string of the molecule is CCOC(=O)C(F)Oc1cccc(I)c1. The molecule has 1 atom stereocenters. The van der Waals surface area contributed by atoms with Gasteiger partial charge >= 0.3 is 12.3 Å². The third-order valence-corrected chi connectivity index (χ3v) is 2.18. The Labute approximate surface area is 101 Å². The van der Waals surface area contributed by atoms with Gasteiger partial charge in [-0.2, -0.15) is 4.39 Å². The summed E-state index contributed by atoms with van der Waals surface area (Å²) in [4.78, 5) is 10.9.